The fourth-order valence-corrected chi connectivity index (χ4v) is 0.640. The van der Waals surface area contributed by atoms with Crippen LogP contribution < -0.4 is 0 Å². The van der Waals surface area contributed by atoms with Crippen molar-refractivity contribution in [2.45, 2.75) is 6.42 Å². The van der Waals surface area contributed by atoms with Gasteiger partial charge in [0.15, 0.2) is 0 Å². The summed E-state index contributed by atoms with van der Waals surface area (Å²) in [6.07, 6.45) is 1.43. The van der Waals surface area contributed by atoms with E-state index in [-0.39, 0.29) is 18.8 Å². The molecule has 0 rings (SSSR count). The predicted molar refractivity (Wildman–Crippen MR) is 44.0 cm³/mol. The van der Waals surface area contributed by atoms with Gasteiger partial charge < -0.3 is 5.11 Å². The number of carbonyl (C=O) groups excluding carboxylic acids is 1. The molecule has 0 fully saturated rings. The summed E-state index contributed by atoms with van der Waals surface area (Å²) >= 11 is 4.95. The highest BCUT2D eigenvalue weighted by Gasteiger charge is 2.22. The Morgan fingerprint density at radius 1 is 1.64 bits per heavy atom. The molecule has 0 aliphatic carbocycles. The first-order valence-electron chi connectivity index (χ1n) is 2.62. The summed E-state index contributed by atoms with van der Waals surface area (Å²) in [5.74, 6) is -2.35. The zero-order chi connectivity index (χ0) is 8.15. The molecule has 0 aliphatic rings. The van der Waals surface area contributed by atoms with E-state index in [1.165, 1.54) is 6.08 Å². The molecule has 0 amide bonds. The third-order valence-corrected chi connectivity index (χ3v) is 1.24. The molecule has 0 radical (unpaired) electrons. The first-order valence-corrected chi connectivity index (χ1v) is 3.00. The molecule has 0 spiro atoms. The lowest BCUT2D eigenvalue weighted by Crippen LogP contribution is -2.18. The van der Waals surface area contributed by atoms with Crippen LogP contribution in [0, 0.1) is 5.92 Å². The lowest BCUT2D eigenvalue weighted by molar-refractivity contribution is -0.144. The zero-order valence-electron chi connectivity index (χ0n) is 5.62. The fraction of sp³-hybridized carbons (Fsp3) is 0.333. The Hall–Kier alpha value is -0.540. The second-order valence-corrected chi connectivity index (χ2v) is 2.09. The maximum Gasteiger partial charge on any atom is 0.315 e. The highest BCUT2D eigenvalue weighted by molar-refractivity contribution is 6.65. The van der Waals surface area contributed by atoms with Gasteiger partial charge in [-0.05, 0) is 18.0 Å². The van der Waals surface area contributed by atoms with Crippen molar-refractivity contribution < 1.29 is 14.7 Å². The number of carbonyl (C=O) groups is 2. The van der Waals surface area contributed by atoms with Gasteiger partial charge in [0, 0.05) is 0 Å². The Bertz CT molecular complexity index is 153. The molecule has 0 aromatic carbocycles. The van der Waals surface area contributed by atoms with Gasteiger partial charge >= 0.3 is 5.97 Å². The second kappa shape index (κ2) is 6.19. The van der Waals surface area contributed by atoms with E-state index in [0.717, 1.165) is 0 Å². The topological polar surface area (TPSA) is 54.4 Å². The molecule has 11 heavy (non-hydrogen) atoms. The summed E-state index contributed by atoms with van der Waals surface area (Å²) < 4.78 is 0. The van der Waals surface area contributed by atoms with Crippen LogP contribution in [0.3, 0.4) is 0 Å². The van der Waals surface area contributed by atoms with Crippen molar-refractivity contribution in [1.82, 2.24) is 0 Å². The van der Waals surface area contributed by atoms with Gasteiger partial charge in [0.2, 0.25) is 5.24 Å². The van der Waals surface area contributed by atoms with Crippen LogP contribution in [-0.2, 0) is 9.59 Å². The summed E-state index contributed by atoms with van der Waals surface area (Å²) in [6, 6.07) is 0. The van der Waals surface area contributed by atoms with Gasteiger partial charge in [-0.1, -0.05) is 6.08 Å². The molecule has 0 saturated heterocycles. The van der Waals surface area contributed by atoms with E-state index in [0.29, 0.717) is 0 Å². The van der Waals surface area contributed by atoms with Crippen LogP contribution in [0.15, 0.2) is 12.7 Å². The molecule has 0 saturated carbocycles. The van der Waals surface area contributed by atoms with Crippen LogP contribution in [0.5, 0.6) is 0 Å². The van der Waals surface area contributed by atoms with Crippen LogP contribution in [0.4, 0.5) is 0 Å². The highest BCUT2D eigenvalue weighted by Crippen LogP contribution is 2.07. The van der Waals surface area contributed by atoms with Crippen molar-refractivity contribution >= 4 is 35.2 Å². The molecule has 0 aromatic heterocycles. The predicted octanol–water partition coefficient (Wildman–Crippen LogP) is 1.45. The van der Waals surface area contributed by atoms with Crippen LogP contribution in [0.1, 0.15) is 6.42 Å². The number of halogens is 2. The van der Waals surface area contributed by atoms with Gasteiger partial charge in [0.05, 0.1) is 0 Å². The molecule has 0 bridgehead atoms. The Labute approximate surface area is 75.4 Å². The normalized spacial score (nSPS) is 11.0. The summed E-state index contributed by atoms with van der Waals surface area (Å²) in [5.41, 5.74) is 0. The van der Waals surface area contributed by atoms with Crippen molar-refractivity contribution in [3.05, 3.63) is 12.7 Å². The van der Waals surface area contributed by atoms with Gasteiger partial charge in [-0.15, -0.1) is 19.0 Å². The average molecular weight is 199 g/mol. The summed E-state index contributed by atoms with van der Waals surface area (Å²) in [5, 5.41) is 7.47. The Balaban J connectivity index is 0. The summed E-state index contributed by atoms with van der Waals surface area (Å²) in [7, 11) is 0. The van der Waals surface area contributed by atoms with E-state index in [1.807, 2.05) is 0 Å². The first kappa shape index (κ1) is 13.1. The molecule has 0 heterocycles. The van der Waals surface area contributed by atoms with Crippen LogP contribution in [-0.4, -0.2) is 16.3 Å². The molecule has 1 N–H and O–H groups in total. The smallest absolute Gasteiger partial charge is 0.315 e. The molecule has 0 aromatic rings. The Morgan fingerprint density at radius 2 is 2.09 bits per heavy atom. The number of carboxylic acid groups (broad SMARTS) is 1. The van der Waals surface area contributed by atoms with Crippen LogP contribution in [0.2, 0.25) is 0 Å². The van der Waals surface area contributed by atoms with E-state index < -0.39 is 17.1 Å². The number of rotatable bonds is 4. The number of hydrogen-bond acceptors (Lipinski definition) is 2. The number of aliphatic carboxylic acids is 1. The Morgan fingerprint density at radius 3 is 2.18 bits per heavy atom. The number of carboxylic acids is 1. The molecular formula is C6H8Cl2O3. The first-order chi connectivity index (χ1) is 4.59. The van der Waals surface area contributed by atoms with Crippen LogP contribution >= 0.6 is 24.0 Å². The highest BCUT2D eigenvalue weighted by atomic mass is 35.5. The summed E-state index contributed by atoms with van der Waals surface area (Å²) in [4.78, 5) is 20.5. The molecule has 1 atom stereocenters. The minimum absolute atomic E-state index is 0. The second-order valence-electron chi connectivity index (χ2n) is 1.72. The number of allylic oxidation sites excluding steroid dienone is 1. The molecular weight excluding hydrogens is 191 g/mol. The molecule has 64 valence electrons. The van der Waals surface area contributed by atoms with Crippen molar-refractivity contribution in [3.63, 3.8) is 0 Å². The number of hydrogen-bond donors (Lipinski definition) is 1. The van der Waals surface area contributed by atoms with E-state index in [1.54, 1.807) is 0 Å². The average Bonchev–Trinajstić information content (AvgIpc) is 1.81. The third-order valence-electron chi connectivity index (χ3n) is 0.974. The minimum Gasteiger partial charge on any atom is -0.481 e. The van der Waals surface area contributed by atoms with Gasteiger partial charge in [-0.2, -0.15) is 0 Å². The quantitative estimate of drug-likeness (QED) is 0.423. The van der Waals surface area contributed by atoms with E-state index in [4.69, 9.17) is 16.7 Å². The fourth-order valence-electron chi connectivity index (χ4n) is 0.457. The SMILES string of the molecule is C=CCC(C(=O)O)C(=O)Cl.Cl. The maximum atomic E-state index is 10.3. The minimum atomic E-state index is -1.21. The van der Waals surface area contributed by atoms with E-state index in [2.05, 4.69) is 6.58 Å². The third kappa shape index (κ3) is 4.81. The Kier molecular flexibility index (Phi) is 7.36. The summed E-state index contributed by atoms with van der Waals surface area (Å²) in [6.45, 7) is 3.29. The largest absolute Gasteiger partial charge is 0.481 e. The monoisotopic (exact) mass is 198 g/mol. The molecule has 3 nitrogen and oxygen atoms in total. The van der Waals surface area contributed by atoms with Crippen molar-refractivity contribution in [2.75, 3.05) is 0 Å². The lowest BCUT2D eigenvalue weighted by atomic mass is 10.1. The maximum absolute atomic E-state index is 10.3. The van der Waals surface area contributed by atoms with Crippen LogP contribution in [0.25, 0.3) is 0 Å². The van der Waals surface area contributed by atoms with E-state index in [9.17, 15) is 9.59 Å². The van der Waals surface area contributed by atoms with Gasteiger partial charge in [0.25, 0.3) is 0 Å². The van der Waals surface area contributed by atoms with Crippen molar-refractivity contribution in [3.8, 4) is 0 Å². The van der Waals surface area contributed by atoms with Crippen molar-refractivity contribution in [1.29, 1.82) is 0 Å². The molecule has 1 unspecified atom stereocenters. The standard InChI is InChI=1S/C6H7ClO3.ClH/c1-2-3-4(5(7)8)6(9)10;/h2,4H,1,3H2,(H,9,10);1H. The van der Waals surface area contributed by atoms with Gasteiger partial charge in [-0.3, -0.25) is 9.59 Å². The molecule has 0 aliphatic heterocycles. The van der Waals surface area contributed by atoms with Gasteiger partial charge in [0.1, 0.15) is 5.92 Å². The zero-order valence-corrected chi connectivity index (χ0v) is 7.19. The lowest BCUT2D eigenvalue weighted by Gasteiger charge is -2.00. The van der Waals surface area contributed by atoms with Gasteiger partial charge in [-0.25, -0.2) is 0 Å². The van der Waals surface area contributed by atoms with E-state index >= 15 is 0 Å². The van der Waals surface area contributed by atoms with Crippen molar-refractivity contribution in [2.24, 2.45) is 5.92 Å². The molecule has 5 heteroatoms.